The normalized spacial score (nSPS) is 16.1. The summed E-state index contributed by atoms with van der Waals surface area (Å²) in [6, 6.07) is 2.39. The van der Waals surface area contributed by atoms with Gasteiger partial charge < -0.3 is 9.64 Å². The zero-order valence-electron chi connectivity index (χ0n) is 8.88. The number of hydrogen-bond acceptors (Lipinski definition) is 2. The lowest BCUT2D eigenvalue weighted by Gasteiger charge is -2.27. The van der Waals surface area contributed by atoms with Crippen LogP contribution in [0.1, 0.15) is 10.4 Å². The van der Waals surface area contributed by atoms with Gasteiger partial charge in [0.15, 0.2) is 0 Å². The van der Waals surface area contributed by atoms with Crippen molar-refractivity contribution in [3.8, 4) is 0 Å². The molecule has 0 saturated carbocycles. The Balaban J connectivity index is 2.29. The predicted molar refractivity (Wildman–Crippen MR) is 65.8 cm³/mol. The SMILES string of the molecule is O=C(c1cc(F)cc(Br)c1Cl)N1CCOCC1. The maximum Gasteiger partial charge on any atom is 0.255 e. The molecule has 0 N–H and O–H groups in total. The minimum atomic E-state index is -0.488. The van der Waals surface area contributed by atoms with E-state index in [9.17, 15) is 9.18 Å². The van der Waals surface area contributed by atoms with Gasteiger partial charge in [-0.15, -0.1) is 0 Å². The van der Waals surface area contributed by atoms with E-state index in [1.165, 1.54) is 6.07 Å². The Morgan fingerprint density at radius 3 is 2.71 bits per heavy atom. The van der Waals surface area contributed by atoms with Crippen molar-refractivity contribution in [2.75, 3.05) is 26.3 Å². The summed E-state index contributed by atoms with van der Waals surface area (Å²) in [4.78, 5) is 13.7. The van der Waals surface area contributed by atoms with Gasteiger partial charge in [-0.25, -0.2) is 4.39 Å². The van der Waals surface area contributed by atoms with E-state index in [4.69, 9.17) is 16.3 Å². The summed E-state index contributed by atoms with van der Waals surface area (Å²) in [5, 5.41) is 0.239. The minimum absolute atomic E-state index is 0.181. The Morgan fingerprint density at radius 2 is 2.06 bits per heavy atom. The van der Waals surface area contributed by atoms with Gasteiger partial charge in [0.1, 0.15) is 5.82 Å². The van der Waals surface area contributed by atoms with E-state index in [-0.39, 0.29) is 16.5 Å². The van der Waals surface area contributed by atoms with Crippen LogP contribution in [0.15, 0.2) is 16.6 Å². The first-order valence-corrected chi connectivity index (χ1v) is 6.28. The average molecular weight is 323 g/mol. The first-order chi connectivity index (χ1) is 8.09. The molecule has 1 aliphatic heterocycles. The van der Waals surface area contributed by atoms with Crippen LogP contribution in [0, 0.1) is 5.82 Å². The Bertz CT molecular complexity index is 449. The molecule has 92 valence electrons. The molecule has 0 spiro atoms. The number of ether oxygens (including phenoxy) is 1. The van der Waals surface area contributed by atoms with Crippen molar-refractivity contribution in [2.45, 2.75) is 0 Å². The van der Waals surface area contributed by atoms with Gasteiger partial charge in [0.25, 0.3) is 5.91 Å². The zero-order valence-corrected chi connectivity index (χ0v) is 11.2. The van der Waals surface area contributed by atoms with Crippen molar-refractivity contribution in [2.24, 2.45) is 0 Å². The summed E-state index contributed by atoms with van der Waals surface area (Å²) >= 11 is 9.11. The molecule has 1 heterocycles. The van der Waals surface area contributed by atoms with Gasteiger partial charge in [0.05, 0.1) is 23.8 Å². The number of rotatable bonds is 1. The highest BCUT2D eigenvalue weighted by Gasteiger charge is 2.22. The van der Waals surface area contributed by atoms with E-state index in [1.54, 1.807) is 4.90 Å². The summed E-state index contributed by atoms with van der Waals surface area (Å²) in [5.41, 5.74) is 0.181. The van der Waals surface area contributed by atoms with E-state index in [1.807, 2.05) is 0 Å². The molecule has 1 fully saturated rings. The van der Waals surface area contributed by atoms with Gasteiger partial charge in [-0.1, -0.05) is 11.6 Å². The molecule has 2 rings (SSSR count). The highest BCUT2D eigenvalue weighted by molar-refractivity contribution is 9.10. The van der Waals surface area contributed by atoms with Crippen molar-refractivity contribution in [1.29, 1.82) is 0 Å². The molecule has 0 atom stereocenters. The lowest BCUT2D eigenvalue weighted by molar-refractivity contribution is 0.0302. The summed E-state index contributed by atoms with van der Waals surface area (Å²) < 4.78 is 18.8. The summed E-state index contributed by atoms with van der Waals surface area (Å²) in [5.74, 6) is -0.753. The van der Waals surface area contributed by atoms with Crippen LogP contribution in [-0.4, -0.2) is 37.1 Å². The second kappa shape index (κ2) is 5.33. The summed E-state index contributed by atoms with van der Waals surface area (Å²) in [6.07, 6.45) is 0. The molecule has 17 heavy (non-hydrogen) atoms. The largest absolute Gasteiger partial charge is 0.378 e. The predicted octanol–water partition coefficient (Wildman–Crippen LogP) is 2.71. The quantitative estimate of drug-likeness (QED) is 0.744. The molecule has 1 amide bonds. The number of amides is 1. The number of benzene rings is 1. The standard InChI is InChI=1S/C11H10BrClFNO2/c12-9-6-7(14)5-8(10(9)13)11(16)15-1-3-17-4-2-15/h5-6H,1-4H2. The number of morpholine rings is 1. The number of carbonyl (C=O) groups excluding carboxylic acids is 1. The maximum atomic E-state index is 13.3. The van der Waals surface area contributed by atoms with Gasteiger partial charge in [0, 0.05) is 17.6 Å². The lowest BCUT2D eigenvalue weighted by Crippen LogP contribution is -2.40. The van der Waals surface area contributed by atoms with E-state index in [2.05, 4.69) is 15.9 Å². The van der Waals surface area contributed by atoms with E-state index in [0.29, 0.717) is 30.8 Å². The average Bonchev–Trinajstić information content (AvgIpc) is 2.34. The zero-order chi connectivity index (χ0) is 12.4. The fourth-order valence-electron chi connectivity index (χ4n) is 1.65. The minimum Gasteiger partial charge on any atom is -0.378 e. The first kappa shape index (κ1) is 12.8. The third-order valence-electron chi connectivity index (χ3n) is 2.52. The number of halogens is 3. The van der Waals surface area contributed by atoms with E-state index < -0.39 is 5.82 Å². The molecule has 1 aromatic rings. The molecular formula is C11H10BrClFNO2. The monoisotopic (exact) mass is 321 g/mol. The van der Waals surface area contributed by atoms with Crippen LogP contribution in [0.25, 0.3) is 0 Å². The molecule has 1 aromatic carbocycles. The van der Waals surface area contributed by atoms with Crippen molar-refractivity contribution >= 4 is 33.4 Å². The van der Waals surface area contributed by atoms with Gasteiger partial charge in [-0.05, 0) is 28.1 Å². The fourth-order valence-corrected chi connectivity index (χ4v) is 2.27. The van der Waals surface area contributed by atoms with Crippen molar-refractivity contribution in [3.05, 3.63) is 33.0 Å². The molecule has 1 saturated heterocycles. The van der Waals surface area contributed by atoms with Crippen LogP contribution in [0.4, 0.5) is 4.39 Å². The van der Waals surface area contributed by atoms with Crippen LogP contribution in [0.2, 0.25) is 5.02 Å². The van der Waals surface area contributed by atoms with Gasteiger partial charge in [-0.3, -0.25) is 4.79 Å². The maximum absolute atomic E-state index is 13.3. The second-order valence-corrected chi connectivity index (χ2v) is 4.89. The molecule has 0 unspecified atom stereocenters. The number of nitrogens with zero attached hydrogens (tertiary/aromatic N) is 1. The molecule has 0 aliphatic carbocycles. The van der Waals surface area contributed by atoms with Gasteiger partial charge in [-0.2, -0.15) is 0 Å². The van der Waals surface area contributed by atoms with Gasteiger partial charge >= 0.3 is 0 Å². The number of carbonyl (C=O) groups is 1. The van der Waals surface area contributed by atoms with Crippen LogP contribution in [0.5, 0.6) is 0 Å². The fraction of sp³-hybridized carbons (Fsp3) is 0.364. The Morgan fingerprint density at radius 1 is 1.41 bits per heavy atom. The molecule has 6 heteroatoms. The highest BCUT2D eigenvalue weighted by atomic mass is 79.9. The Hall–Kier alpha value is -0.650. The van der Waals surface area contributed by atoms with Crippen LogP contribution in [0.3, 0.4) is 0 Å². The number of hydrogen-bond donors (Lipinski definition) is 0. The van der Waals surface area contributed by atoms with Crippen molar-refractivity contribution in [3.63, 3.8) is 0 Å². The van der Waals surface area contributed by atoms with Crippen LogP contribution >= 0.6 is 27.5 Å². The third kappa shape index (κ3) is 2.78. The van der Waals surface area contributed by atoms with Crippen LogP contribution < -0.4 is 0 Å². The topological polar surface area (TPSA) is 29.5 Å². The van der Waals surface area contributed by atoms with Gasteiger partial charge in [0.2, 0.25) is 0 Å². The van der Waals surface area contributed by atoms with E-state index >= 15 is 0 Å². The van der Waals surface area contributed by atoms with Crippen molar-refractivity contribution in [1.82, 2.24) is 4.90 Å². The third-order valence-corrected chi connectivity index (χ3v) is 3.78. The molecule has 0 bridgehead atoms. The summed E-state index contributed by atoms with van der Waals surface area (Å²) in [6.45, 7) is 2.01. The molecular weight excluding hydrogens is 312 g/mol. The lowest BCUT2D eigenvalue weighted by atomic mass is 10.2. The summed E-state index contributed by atoms with van der Waals surface area (Å²) in [7, 11) is 0. The Labute approximate surface area is 112 Å². The van der Waals surface area contributed by atoms with E-state index in [0.717, 1.165) is 6.07 Å². The molecule has 0 aromatic heterocycles. The van der Waals surface area contributed by atoms with Crippen LogP contribution in [-0.2, 0) is 4.74 Å². The Kier molecular flexibility index (Phi) is 4.01. The van der Waals surface area contributed by atoms with Crippen molar-refractivity contribution < 1.29 is 13.9 Å². The molecule has 0 radical (unpaired) electrons. The molecule has 3 nitrogen and oxygen atoms in total. The second-order valence-electron chi connectivity index (χ2n) is 3.65. The first-order valence-electron chi connectivity index (χ1n) is 5.11. The smallest absolute Gasteiger partial charge is 0.255 e. The molecule has 1 aliphatic rings. The highest BCUT2D eigenvalue weighted by Crippen LogP contribution is 2.28.